The van der Waals surface area contributed by atoms with Crippen LogP contribution in [-0.4, -0.2) is 15.0 Å². The van der Waals surface area contributed by atoms with E-state index in [2.05, 4.69) is 20.3 Å². The molecule has 1 aliphatic rings. The van der Waals surface area contributed by atoms with Crippen molar-refractivity contribution in [2.75, 3.05) is 5.32 Å². The molecule has 0 amide bonds. The molecule has 0 aliphatic heterocycles. The molecular weight excluding hydrogens is 334 g/mol. The summed E-state index contributed by atoms with van der Waals surface area (Å²) in [5.74, 6) is 1.42. The van der Waals surface area contributed by atoms with E-state index in [0.717, 1.165) is 47.6 Å². The predicted molar refractivity (Wildman–Crippen MR) is 96.0 cm³/mol. The van der Waals surface area contributed by atoms with Crippen LogP contribution in [0.2, 0.25) is 0 Å². The van der Waals surface area contributed by atoms with Gasteiger partial charge in [-0.25, -0.2) is 18.7 Å². The second kappa shape index (κ2) is 7.15. The molecule has 2 aromatic heterocycles. The van der Waals surface area contributed by atoms with Gasteiger partial charge in [0.05, 0.1) is 0 Å². The number of pyridine rings is 1. The van der Waals surface area contributed by atoms with Crippen molar-refractivity contribution in [1.82, 2.24) is 15.0 Å². The minimum absolute atomic E-state index is 0.0362. The maximum atomic E-state index is 12.7. The van der Waals surface area contributed by atoms with Crippen molar-refractivity contribution in [3.63, 3.8) is 0 Å². The normalized spacial score (nSPS) is 13.0. The first-order valence-electron chi connectivity index (χ1n) is 8.63. The van der Waals surface area contributed by atoms with Gasteiger partial charge in [0.25, 0.3) is 6.43 Å². The van der Waals surface area contributed by atoms with Gasteiger partial charge >= 0.3 is 0 Å². The maximum Gasteiger partial charge on any atom is 0.263 e. The zero-order chi connectivity index (χ0) is 17.9. The first kappa shape index (κ1) is 16.6. The number of anilines is 1. The first-order chi connectivity index (χ1) is 12.7. The van der Waals surface area contributed by atoms with Gasteiger partial charge in [0.15, 0.2) is 5.82 Å². The maximum absolute atomic E-state index is 12.7. The minimum Gasteiger partial charge on any atom is -0.366 e. The number of nitrogens with one attached hydrogen (secondary N) is 1. The summed E-state index contributed by atoms with van der Waals surface area (Å²) in [6, 6.07) is 12.0. The second-order valence-corrected chi connectivity index (χ2v) is 6.29. The van der Waals surface area contributed by atoms with Gasteiger partial charge in [-0.2, -0.15) is 0 Å². The first-order valence-corrected chi connectivity index (χ1v) is 8.63. The standard InChI is InChI=1S/C20H18F2N4/c21-18(22)14-9-7-13(8-10-14)12-24-19-15-4-3-6-16(15)25-20(26-19)17-5-1-2-11-23-17/h1-2,5,7-11,18H,3-4,6,12H2,(H,24,25,26). The zero-order valence-electron chi connectivity index (χ0n) is 14.1. The van der Waals surface area contributed by atoms with Crippen LogP contribution < -0.4 is 5.32 Å². The van der Waals surface area contributed by atoms with Crippen LogP contribution in [0.4, 0.5) is 14.6 Å². The topological polar surface area (TPSA) is 50.7 Å². The van der Waals surface area contributed by atoms with Gasteiger partial charge in [-0.15, -0.1) is 0 Å². The molecule has 0 radical (unpaired) electrons. The Morgan fingerprint density at radius 2 is 1.85 bits per heavy atom. The lowest BCUT2D eigenvalue weighted by atomic mass is 10.1. The van der Waals surface area contributed by atoms with Crippen LogP contribution >= 0.6 is 0 Å². The van der Waals surface area contributed by atoms with Crippen molar-refractivity contribution in [2.24, 2.45) is 0 Å². The molecule has 0 spiro atoms. The summed E-state index contributed by atoms with van der Waals surface area (Å²) in [6.07, 6.45) is 2.24. The van der Waals surface area contributed by atoms with E-state index in [1.165, 1.54) is 12.1 Å². The Balaban J connectivity index is 1.58. The summed E-state index contributed by atoms with van der Waals surface area (Å²) >= 11 is 0. The third-order valence-corrected chi connectivity index (χ3v) is 4.52. The molecule has 0 atom stereocenters. The van der Waals surface area contributed by atoms with Crippen molar-refractivity contribution in [2.45, 2.75) is 32.2 Å². The van der Waals surface area contributed by atoms with Crippen LogP contribution in [0.3, 0.4) is 0 Å². The third kappa shape index (κ3) is 3.40. The number of aromatic nitrogens is 3. The fourth-order valence-electron chi connectivity index (χ4n) is 3.16. The smallest absolute Gasteiger partial charge is 0.263 e. The SMILES string of the molecule is FC(F)c1ccc(CNc2nc(-c3ccccn3)nc3c2CCC3)cc1. The van der Waals surface area contributed by atoms with Crippen molar-refractivity contribution in [1.29, 1.82) is 0 Å². The summed E-state index contributed by atoms with van der Waals surface area (Å²) in [6.45, 7) is 0.522. The van der Waals surface area contributed by atoms with Gasteiger partial charge in [-0.05, 0) is 37.0 Å². The largest absolute Gasteiger partial charge is 0.366 e. The number of benzene rings is 1. The molecule has 1 aromatic carbocycles. The predicted octanol–water partition coefficient (Wildman–Crippen LogP) is 4.58. The highest BCUT2D eigenvalue weighted by Crippen LogP contribution is 2.29. The molecule has 132 valence electrons. The molecular formula is C20H18F2N4. The van der Waals surface area contributed by atoms with Crippen LogP contribution in [0.15, 0.2) is 48.7 Å². The molecule has 0 saturated heterocycles. The summed E-state index contributed by atoms with van der Waals surface area (Å²) in [5.41, 5.74) is 3.92. The molecule has 2 heterocycles. The Kier molecular flexibility index (Phi) is 4.56. The average molecular weight is 352 g/mol. The van der Waals surface area contributed by atoms with Gasteiger partial charge in [0, 0.05) is 29.6 Å². The molecule has 0 saturated carbocycles. The van der Waals surface area contributed by atoms with E-state index in [1.807, 2.05) is 18.2 Å². The average Bonchev–Trinajstić information content (AvgIpc) is 3.16. The van der Waals surface area contributed by atoms with Crippen molar-refractivity contribution < 1.29 is 8.78 Å². The Hall–Kier alpha value is -2.89. The fraction of sp³-hybridized carbons (Fsp3) is 0.250. The zero-order valence-corrected chi connectivity index (χ0v) is 14.1. The quantitative estimate of drug-likeness (QED) is 0.730. The highest BCUT2D eigenvalue weighted by Gasteiger charge is 2.20. The molecule has 1 aliphatic carbocycles. The Bertz CT molecular complexity index is 896. The van der Waals surface area contributed by atoms with Crippen molar-refractivity contribution >= 4 is 5.82 Å². The van der Waals surface area contributed by atoms with Gasteiger partial charge in [0.1, 0.15) is 11.5 Å². The molecule has 0 fully saturated rings. The molecule has 4 nitrogen and oxygen atoms in total. The van der Waals surface area contributed by atoms with Crippen LogP contribution in [-0.2, 0) is 19.4 Å². The number of nitrogens with zero attached hydrogens (tertiary/aromatic N) is 3. The van der Waals surface area contributed by atoms with Crippen LogP contribution in [0, 0.1) is 0 Å². The Labute approximate surface area is 150 Å². The van der Waals surface area contributed by atoms with E-state index in [4.69, 9.17) is 0 Å². The van der Waals surface area contributed by atoms with Crippen LogP contribution in [0.5, 0.6) is 0 Å². The molecule has 4 rings (SSSR count). The monoisotopic (exact) mass is 352 g/mol. The van der Waals surface area contributed by atoms with E-state index >= 15 is 0 Å². The lowest BCUT2D eigenvalue weighted by Gasteiger charge is -2.12. The summed E-state index contributed by atoms with van der Waals surface area (Å²) < 4.78 is 25.3. The number of aryl methyl sites for hydroxylation is 1. The summed E-state index contributed by atoms with van der Waals surface area (Å²) in [4.78, 5) is 13.7. The van der Waals surface area contributed by atoms with Crippen LogP contribution in [0.25, 0.3) is 11.5 Å². The van der Waals surface area contributed by atoms with Crippen molar-refractivity contribution in [3.05, 3.63) is 71.0 Å². The van der Waals surface area contributed by atoms with E-state index in [9.17, 15) is 8.78 Å². The van der Waals surface area contributed by atoms with E-state index in [0.29, 0.717) is 12.4 Å². The van der Waals surface area contributed by atoms with E-state index in [1.54, 1.807) is 18.3 Å². The minimum atomic E-state index is -2.44. The number of fused-ring (bicyclic) bond motifs is 1. The lowest BCUT2D eigenvalue weighted by Crippen LogP contribution is -2.08. The second-order valence-electron chi connectivity index (χ2n) is 6.29. The number of rotatable bonds is 5. The molecule has 0 unspecified atom stereocenters. The lowest BCUT2D eigenvalue weighted by molar-refractivity contribution is 0.151. The van der Waals surface area contributed by atoms with Crippen LogP contribution in [0.1, 0.15) is 35.2 Å². The molecule has 0 bridgehead atoms. The number of hydrogen-bond acceptors (Lipinski definition) is 4. The summed E-state index contributed by atoms with van der Waals surface area (Å²) in [5, 5.41) is 3.35. The number of halogens is 2. The van der Waals surface area contributed by atoms with E-state index < -0.39 is 6.43 Å². The van der Waals surface area contributed by atoms with Crippen molar-refractivity contribution in [3.8, 4) is 11.5 Å². The molecule has 6 heteroatoms. The van der Waals surface area contributed by atoms with Gasteiger partial charge in [-0.1, -0.05) is 30.3 Å². The molecule has 26 heavy (non-hydrogen) atoms. The Morgan fingerprint density at radius 1 is 1.00 bits per heavy atom. The Morgan fingerprint density at radius 3 is 2.58 bits per heavy atom. The molecule has 1 N–H and O–H groups in total. The van der Waals surface area contributed by atoms with Gasteiger partial charge in [0.2, 0.25) is 0 Å². The highest BCUT2D eigenvalue weighted by atomic mass is 19.3. The van der Waals surface area contributed by atoms with E-state index in [-0.39, 0.29) is 5.56 Å². The third-order valence-electron chi connectivity index (χ3n) is 4.52. The molecule has 3 aromatic rings. The summed E-state index contributed by atoms with van der Waals surface area (Å²) in [7, 11) is 0. The fourth-order valence-corrected chi connectivity index (χ4v) is 3.16. The highest BCUT2D eigenvalue weighted by molar-refractivity contribution is 5.57. The number of hydrogen-bond donors (Lipinski definition) is 1. The van der Waals surface area contributed by atoms with Gasteiger partial charge in [-0.3, -0.25) is 4.98 Å². The van der Waals surface area contributed by atoms with Gasteiger partial charge < -0.3 is 5.32 Å². The number of alkyl halides is 2.